The zero-order chi connectivity index (χ0) is 26.9. The Morgan fingerprint density at radius 3 is 2.68 bits per heavy atom. The molecule has 2 N–H and O–H groups in total. The Morgan fingerprint density at radius 1 is 1.11 bits per heavy atom. The van der Waals surface area contributed by atoms with E-state index in [2.05, 4.69) is 22.6 Å². The smallest absolute Gasteiger partial charge is 0.255 e. The molecule has 1 aromatic rings. The number of hydrogen-bond donors (Lipinski definition) is 2. The first-order valence-electron chi connectivity index (χ1n) is 14.1. The van der Waals surface area contributed by atoms with E-state index in [-0.39, 0.29) is 30.0 Å². The van der Waals surface area contributed by atoms with Gasteiger partial charge < -0.3 is 20.0 Å². The van der Waals surface area contributed by atoms with E-state index in [4.69, 9.17) is 0 Å². The van der Waals surface area contributed by atoms with Crippen LogP contribution >= 0.6 is 0 Å². The van der Waals surface area contributed by atoms with Crippen LogP contribution in [0.1, 0.15) is 73.7 Å². The number of anilines is 1. The van der Waals surface area contributed by atoms with E-state index in [0.29, 0.717) is 18.5 Å². The number of fused-ring (bicyclic) bond motifs is 1. The van der Waals surface area contributed by atoms with Crippen LogP contribution in [0.5, 0.6) is 0 Å². The monoisotopic (exact) mass is 523 g/mol. The van der Waals surface area contributed by atoms with Gasteiger partial charge in [-0.15, -0.1) is 0 Å². The Kier molecular flexibility index (Phi) is 9.92. The molecule has 3 aliphatic rings. The second-order valence-corrected chi connectivity index (χ2v) is 10.6. The lowest BCUT2D eigenvalue weighted by Crippen LogP contribution is -2.52. The molecule has 9 nitrogen and oxygen atoms in total. The molecule has 0 aliphatic carbocycles. The zero-order valence-electron chi connectivity index (χ0n) is 22.5. The van der Waals surface area contributed by atoms with Crippen LogP contribution in [-0.4, -0.2) is 84.1 Å². The highest BCUT2D eigenvalue weighted by molar-refractivity contribution is 6.06. The second-order valence-electron chi connectivity index (χ2n) is 10.6. The molecule has 1 atom stereocenters. The molecule has 0 aromatic heterocycles. The molecule has 0 bridgehead atoms. The number of hydrogen-bond acceptors (Lipinski definition) is 6. The molecular formula is C29H41N5O4. The topological polar surface area (TPSA) is 102 Å². The SMILES string of the molecule is CN(C/C=C/C(=O)N1CCCCC1)CCCCCCNc1cccc2c1CN(C1CCC(=O)NC1=O)C2=O. The standard InChI is InChI=1S/C29H41N5O4/c1-32(18-10-13-27(36)33-19-7-4-8-20-33)17-6-3-2-5-16-30-24-12-9-11-22-23(24)21-34(29(22)38)25-14-15-26(35)31-28(25)37/h9-13,25,30H,2-8,14-21H2,1H3,(H,31,35,37)/b13-10+. The normalized spacial score (nSPS) is 19.8. The van der Waals surface area contributed by atoms with Gasteiger partial charge >= 0.3 is 0 Å². The lowest BCUT2D eigenvalue weighted by Gasteiger charge is -2.29. The Balaban J connectivity index is 1.12. The largest absolute Gasteiger partial charge is 0.385 e. The highest BCUT2D eigenvalue weighted by Gasteiger charge is 2.39. The van der Waals surface area contributed by atoms with Crippen molar-refractivity contribution in [3.8, 4) is 0 Å². The highest BCUT2D eigenvalue weighted by atomic mass is 16.2. The van der Waals surface area contributed by atoms with Gasteiger partial charge in [-0.25, -0.2) is 0 Å². The van der Waals surface area contributed by atoms with E-state index in [9.17, 15) is 19.2 Å². The van der Waals surface area contributed by atoms with Gasteiger partial charge in [0.15, 0.2) is 0 Å². The van der Waals surface area contributed by atoms with Gasteiger partial charge in [0.05, 0.1) is 0 Å². The number of carbonyl (C=O) groups excluding carboxylic acids is 4. The summed E-state index contributed by atoms with van der Waals surface area (Å²) in [5, 5.41) is 5.83. The van der Waals surface area contributed by atoms with Crippen molar-refractivity contribution in [1.29, 1.82) is 0 Å². The van der Waals surface area contributed by atoms with Gasteiger partial charge in [0.25, 0.3) is 5.91 Å². The van der Waals surface area contributed by atoms with Gasteiger partial charge in [0, 0.05) is 62.0 Å². The van der Waals surface area contributed by atoms with E-state index in [0.717, 1.165) is 82.5 Å². The second kappa shape index (κ2) is 13.6. The molecule has 2 fully saturated rings. The van der Waals surface area contributed by atoms with Gasteiger partial charge in [0.2, 0.25) is 17.7 Å². The predicted molar refractivity (Wildman–Crippen MR) is 147 cm³/mol. The molecule has 4 amide bonds. The summed E-state index contributed by atoms with van der Waals surface area (Å²) in [6.07, 6.45) is 12.2. The van der Waals surface area contributed by atoms with E-state index in [1.165, 1.54) is 6.42 Å². The summed E-state index contributed by atoms with van der Waals surface area (Å²) in [7, 11) is 2.09. The number of rotatable bonds is 12. The Hall–Kier alpha value is -3.20. The van der Waals surface area contributed by atoms with Gasteiger partial charge in [-0.2, -0.15) is 0 Å². The van der Waals surface area contributed by atoms with Crippen LogP contribution in [0.3, 0.4) is 0 Å². The first kappa shape index (κ1) is 27.8. The van der Waals surface area contributed by atoms with E-state index < -0.39 is 6.04 Å². The molecule has 2 saturated heterocycles. The van der Waals surface area contributed by atoms with E-state index in [1.807, 2.05) is 29.2 Å². The third-order valence-corrected chi connectivity index (χ3v) is 7.71. The van der Waals surface area contributed by atoms with Crippen LogP contribution in [0.4, 0.5) is 5.69 Å². The van der Waals surface area contributed by atoms with Crippen LogP contribution in [0.2, 0.25) is 0 Å². The molecule has 206 valence electrons. The van der Waals surface area contributed by atoms with Crippen LogP contribution in [0, 0.1) is 0 Å². The first-order valence-corrected chi connectivity index (χ1v) is 14.1. The van der Waals surface area contributed by atoms with Crippen molar-refractivity contribution in [1.82, 2.24) is 20.0 Å². The fourth-order valence-corrected chi connectivity index (χ4v) is 5.48. The minimum Gasteiger partial charge on any atom is -0.385 e. The minimum atomic E-state index is -0.593. The fraction of sp³-hybridized carbons (Fsp3) is 0.586. The number of carbonyl (C=O) groups is 4. The third kappa shape index (κ3) is 7.22. The fourth-order valence-electron chi connectivity index (χ4n) is 5.48. The number of benzene rings is 1. The zero-order valence-corrected chi connectivity index (χ0v) is 22.5. The maximum Gasteiger partial charge on any atom is 0.255 e. The van der Waals surface area contributed by atoms with Gasteiger partial charge in [-0.05, 0) is 64.3 Å². The summed E-state index contributed by atoms with van der Waals surface area (Å²) < 4.78 is 0. The van der Waals surface area contributed by atoms with Crippen molar-refractivity contribution >= 4 is 29.3 Å². The van der Waals surface area contributed by atoms with Gasteiger partial charge in [-0.1, -0.05) is 25.0 Å². The van der Waals surface area contributed by atoms with Crippen LogP contribution in [0.15, 0.2) is 30.4 Å². The van der Waals surface area contributed by atoms with Crippen molar-refractivity contribution in [3.05, 3.63) is 41.5 Å². The maximum atomic E-state index is 13.0. The third-order valence-electron chi connectivity index (χ3n) is 7.71. The number of nitrogens with zero attached hydrogens (tertiary/aromatic N) is 3. The average molecular weight is 524 g/mol. The predicted octanol–water partition coefficient (Wildman–Crippen LogP) is 2.92. The van der Waals surface area contributed by atoms with Crippen molar-refractivity contribution in [2.24, 2.45) is 0 Å². The van der Waals surface area contributed by atoms with Gasteiger partial charge in [-0.3, -0.25) is 24.5 Å². The number of likely N-dealkylation sites (N-methyl/N-ethyl adjacent to an activating group) is 1. The summed E-state index contributed by atoms with van der Waals surface area (Å²) in [4.78, 5) is 54.7. The molecule has 1 aromatic carbocycles. The van der Waals surface area contributed by atoms with Crippen LogP contribution < -0.4 is 10.6 Å². The molecule has 38 heavy (non-hydrogen) atoms. The van der Waals surface area contributed by atoms with Gasteiger partial charge in [0.1, 0.15) is 6.04 Å². The quantitative estimate of drug-likeness (QED) is 0.248. The number of unbranched alkanes of at least 4 members (excludes halogenated alkanes) is 3. The highest BCUT2D eigenvalue weighted by Crippen LogP contribution is 2.32. The Labute approximate surface area is 225 Å². The maximum absolute atomic E-state index is 13.0. The Bertz CT molecular complexity index is 1050. The molecule has 3 aliphatic heterocycles. The minimum absolute atomic E-state index is 0.141. The molecule has 0 radical (unpaired) electrons. The van der Waals surface area contributed by atoms with Crippen molar-refractivity contribution in [3.63, 3.8) is 0 Å². The van der Waals surface area contributed by atoms with E-state index >= 15 is 0 Å². The number of nitrogens with one attached hydrogen (secondary N) is 2. The van der Waals surface area contributed by atoms with Crippen molar-refractivity contribution in [2.75, 3.05) is 45.1 Å². The lowest BCUT2D eigenvalue weighted by atomic mass is 10.0. The molecule has 0 saturated carbocycles. The number of amides is 4. The lowest BCUT2D eigenvalue weighted by molar-refractivity contribution is -0.137. The van der Waals surface area contributed by atoms with E-state index in [1.54, 1.807) is 11.0 Å². The molecular weight excluding hydrogens is 482 g/mol. The summed E-state index contributed by atoms with van der Waals surface area (Å²) in [5.41, 5.74) is 2.50. The molecule has 1 unspecified atom stereocenters. The van der Waals surface area contributed by atoms with Crippen molar-refractivity contribution < 1.29 is 19.2 Å². The molecule has 3 heterocycles. The number of imide groups is 1. The van der Waals surface area contributed by atoms with Crippen LogP contribution in [0.25, 0.3) is 0 Å². The Morgan fingerprint density at radius 2 is 1.89 bits per heavy atom. The van der Waals surface area contributed by atoms with Crippen LogP contribution in [-0.2, 0) is 20.9 Å². The molecule has 4 rings (SSSR count). The molecule has 9 heteroatoms. The molecule has 0 spiro atoms. The summed E-state index contributed by atoms with van der Waals surface area (Å²) in [6, 6.07) is 5.07. The first-order chi connectivity index (χ1) is 18.4. The average Bonchev–Trinajstić information content (AvgIpc) is 3.25. The summed E-state index contributed by atoms with van der Waals surface area (Å²) in [6.45, 7) is 4.77. The number of piperidine rings is 2. The number of likely N-dealkylation sites (tertiary alicyclic amines) is 1. The van der Waals surface area contributed by atoms with Crippen molar-refractivity contribution in [2.45, 2.75) is 70.4 Å². The summed E-state index contributed by atoms with van der Waals surface area (Å²) in [5.74, 6) is -0.666. The summed E-state index contributed by atoms with van der Waals surface area (Å²) >= 11 is 0.